The first-order chi connectivity index (χ1) is 10.0. The molecule has 0 unspecified atom stereocenters. The summed E-state index contributed by atoms with van der Waals surface area (Å²) < 4.78 is 33.5. The summed E-state index contributed by atoms with van der Waals surface area (Å²) in [6.07, 6.45) is 0. The maximum absolute atomic E-state index is 14.1. The molecule has 1 aromatic carbocycles. The molecule has 7 heteroatoms. The Bertz CT molecular complexity index is 784. The lowest BCUT2D eigenvalue weighted by molar-refractivity contribution is 0.376. The maximum atomic E-state index is 14.1. The van der Waals surface area contributed by atoms with Crippen LogP contribution in [0.15, 0.2) is 29.7 Å². The van der Waals surface area contributed by atoms with Gasteiger partial charge in [-0.25, -0.2) is 8.78 Å². The smallest absolute Gasteiger partial charge is 0.244 e. The third-order valence-electron chi connectivity index (χ3n) is 3.42. The molecule has 0 amide bonds. The van der Waals surface area contributed by atoms with Gasteiger partial charge in [0.1, 0.15) is 23.3 Å². The first-order valence-electron chi connectivity index (χ1n) is 6.11. The van der Waals surface area contributed by atoms with Crippen molar-refractivity contribution in [3.8, 4) is 11.9 Å². The topological polar surface area (TPSA) is 87.7 Å². The van der Waals surface area contributed by atoms with E-state index < -0.39 is 17.6 Å². The number of H-pyrrole nitrogens is 1. The molecule has 106 valence electrons. The molecule has 1 aromatic heterocycles. The van der Waals surface area contributed by atoms with Crippen LogP contribution in [0.4, 0.5) is 8.78 Å². The van der Waals surface area contributed by atoms with Gasteiger partial charge in [0.05, 0.1) is 5.92 Å². The monoisotopic (exact) mass is 288 g/mol. The number of nitriles is 1. The van der Waals surface area contributed by atoms with E-state index in [4.69, 9.17) is 10.5 Å². The van der Waals surface area contributed by atoms with Gasteiger partial charge >= 0.3 is 0 Å². The number of aromatic amines is 1. The molecule has 1 atom stereocenters. The van der Waals surface area contributed by atoms with Crippen molar-refractivity contribution in [2.75, 3.05) is 0 Å². The summed E-state index contributed by atoms with van der Waals surface area (Å²) in [4.78, 5) is 0. The summed E-state index contributed by atoms with van der Waals surface area (Å²) in [5.74, 6) is -2.58. The number of ether oxygens (including phenoxy) is 1. The second-order valence-corrected chi connectivity index (χ2v) is 4.63. The minimum Gasteiger partial charge on any atom is -0.420 e. The summed E-state index contributed by atoms with van der Waals surface area (Å²) in [5.41, 5.74) is 6.35. The van der Waals surface area contributed by atoms with Crippen LogP contribution in [0.1, 0.15) is 22.7 Å². The van der Waals surface area contributed by atoms with Crippen LogP contribution in [0.5, 0.6) is 5.88 Å². The Morgan fingerprint density at radius 2 is 2.00 bits per heavy atom. The quantitative estimate of drug-likeness (QED) is 0.842. The lowest BCUT2D eigenvalue weighted by Gasteiger charge is -2.24. The van der Waals surface area contributed by atoms with Gasteiger partial charge in [0.2, 0.25) is 11.8 Å². The van der Waals surface area contributed by atoms with E-state index in [0.29, 0.717) is 11.3 Å². The number of benzene rings is 1. The van der Waals surface area contributed by atoms with Gasteiger partial charge < -0.3 is 10.5 Å². The largest absolute Gasteiger partial charge is 0.420 e. The molecule has 0 saturated carbocycles. The van der Waals surface area contributed by atoms with Gasteiger partial charge in [-0.15, -0.1) is 5.10 Å². The highest BCUT2D eigenvalue weighted by atomic mass is 19.1. The number of allylic oxidation sites excluding steroid dienone is 1. The second-order valence-electron chi connectivity index (χ2n) is 4.63. The number of nitrogens with one attached hydrogen (secondary N) is 1. The standard InChI is InChI=1S/C14H10F2N4O/c1-6-10-11(12-8(15)3-2-4-9(12)16)7(5-17)13(18)21-14(10)20-19-6/h2-4,11H,18H2,1H3,(H,19,20)/t11-/m0/s1. The molecule has 0 aliphatic carbocycles. The fraction of sp³-hybridized carbons (Fsp3) is 0.143. The summed E-state index contributed by atoms with van der Waals surface area (Å²) in [7, 11) is 0. The minimum absolute atomic E-state index is 0.0454. The molecule has 0 radical (unpaired) electrons. The van der Waals surface area contributed by atoms with Crippen LogP contribution in [0.3, 0.4) is 0 Å². The number of aryl methyl sites for hydroxylation is 1. The minimum atomic E-state index is -0.987. The Kier molecular flexibility index (Phi) is 2.87. The van der Waals surface area contributed by atoms with Crippen LogP contribution >= 0.6 is 0 Å². The normalized spacial score (nSPS) is 17.1. The number of nitrogens with two attached hydrogens (primary N) is 1. The summed E-state index contributed by atoms with van der Waals surface area (Å²) in [6, 6.07) is 5.40. The molecule has 5 nitrogen and oxygen atoms in total. The van der Waals surface area contributed by atoms with Crippen molar-refractivity contribution in [3.05, 3.63) is 58.1 Å². The zero-order valence-corrected chi connectivity index (χ0v) is 10.9. The SMILES string of the molecule is Cc1[nH]nc2c1[C@@H](c1c(F)cccc1F)C(C#N)=C(N)O2. The van der Waals surface area contributed by atoms with E-state index in [1.165, 1.54) is 6.07 Å². The highest BCUT2D eigenvalue weighted by Crippen LogP contribution is 2.43. The van der Waals surface area contributed by atoms with E-state index in [1.807, 2.05) is 6.07 Å². The molecule has 0 spiro atoms. The van der Waals surface area contributed by atoms with Gasteiger partial charge in [-0.2, -0.15) is 5.26 Å². The molecule has 21 heavy (non-hydrogen) atoms. The molecule has 2 aromatic rings. The Morgan fingerprint density at radius 1 is 1.33 bits per heavy atom. The Hall–Kier alpha value is -2.88. The molecular formula is C14H10F2N4O. The van der Waals surface area contributed by atoms with E-state index in [0.717, 1.165) is 12.1 Å². The predicted octanol–water partition coefficient (Wildman–Crippen LogP) is 2.21. The lowest BCUT2D eigenvalue weighted by Crippen LogP contribution is -2.22. The van der Waals surface area contributed by atoms with E-state index in [9.17, 15) is 14.0 Å². The van der Waals surface area contributed by atoms with Gasteiger partial charge in [-0.05, 0) is 19.1 Å². The molecule has 3 rings (SSSR count). The van der Waals surface area contributed by atoms with Gasteiger partial charge in [0, 0.05) is 16.8 Å². The average molecular weight is 288 g/mol. The van der Waals surface area contributed by atoms with Crippen molar-refractivity contribution in [2.24, 2.45) is 5.73 Å². The Balaban J connectivity index is 2.33. The second kappa shape index (κ2) is 4.59. The van der Waals surface area contributed by atoms with Gasteiger partial charge in [-0.1, -0.05) is 6.07 Å². The fourth-order valence-corrected chi connectivity index (χ4v) is 2.47. The number of halogens is 2. The van der Waals surface area contributed by atoms with Crippen molar-refractivity contribution < 1.29 is 13.5 Å². The summed E-state index contributed by atoms with van der Waals surface area (Å²) in [5, 5.41) is 15.9. The zero-order chi connectivity index (χ0) is 15.1. The van der Waals surface area contributed by atoms with E-state index >= 15 is 0 Å². The van der Waals surface area contributed by atoms with E-state index in [-0.39, 0.29) is 22.9 Å². The summed E-state index contributed by atoms with van der Waals surface area (Å²) >= 11 is 0. The van der Waals surface area contributed by atoms with Crippen LogP contribution < -0.4 is 10.5 Å². The third kappa shape index (κ3) is 1.84. The van der Waals surface area contributed by atoms with Crippen LogP contribution in [-0.2, 0) is 0 Å². The number of rotatable bonds is 1. The van der Waals surface area contributed by atoms with Crippen LogP contribution in [0.25, 0.3) is 0 Å². The van der Waals surface area contributed by atoms with Crippen molar-refractivity contribution in [2.45, 2.75) is 12.8 Å². The first kappa shape index (κ1) is 13.1. The van der Waals surface area contributed by atoms with E-state index in [2.05, 4.69) is 10.2 Å². The molecule has 2 heterocycles. The highest BCUT2D eigenvalue weighted by Gasteiger charge is 2.37. The molecular weight excluding hydrogens is 278 g/mol. The van der Waals surface area contributed by atoms with E-state index in [1.54, 1.807) is 6.92 Å². The van der Waals surface area contributed by atoms with Crippen molar-refractivity contribution in [1.82, 2.24) is 10.2 Å². The van der Waals surface area contributed by atoms with Crippen LogP contribution in [0.2, 0.25) is 0 Å². The zero-order valence-electron chi connectivity index (χ0n) is 10.9. The van der Waals surface area contributed by atoms with Crippen LogP contribution in [-0.4, -0.2) is 10.2 Å². The van der Waals surface area contributed by atoms with Crippen molar-refractivity contribution in [3.63, 3.8) is 0 Å². The average Bonchev–Trinajstić information content (AvgIpc) is 2.79. The number of hydrogen-bond acceptors (Lipinski definition) is 4. The molecule has 3 N–H and O–H groups in total. The predicted molar refractivity (Wildman–Crippen MR) is 69.0 cm³/mol. The molecule has 0 saturated heterocycles. The molecule has 1 aliphatic heterocycles. The number of hydrogen-bond donors (Lipinski definition) is 2. The van der Waals surface area contributed by atoms with Crippen molar-refractivity contribution in [1.29, 1.82) is 5.26 Å². The van der Waals surface area contributed by atoms with Gasteiger partial charge in [0.25, 0.3) is 0 Å². The number of aromatic nitrogens is 2. The maximum Gasteiger partial charge on any atom is 0.244 e. The fourth-order valence-electron chi connectivity index (χ4n) is 2.47. The molecule has 0 fully saturated rings. The van der Waals surface area contributed by atoms with Gasteiger partial charge in [0.15, 0.2) is 0 Å². The van der Waals surface area contributed by atoms with Crippen LogP contribution in [0, 0.1) is 29.9 Å². The number of nitrogens with zero attached hydrogens (tertiary/aromatic N) is 2. The third-order valence-corrected chi connectivity index (χ3v) is 3.42. The Morgan fingerprint density at radius 3 is 2.62 bits per heavy atom. The Labute approximate surface area is 118 Å². The summed E-state index contributed by atoms with van der Waals surface area (Å²) in [6.45, 7) is 1.68. The number of fused-ring (bicyclic) bond motifs is 1. The highest BCUT2D eigenvalue weighted by molar-refractivity contribution is 5.55. The van der Waals surface area contributed by atoms with Gasteiger partial charge in [-0.3, -0.25) is 5.10 Å². The molecule has 1 aliphatic rings. The molecule has 0 bridgehead atoms. The van der Waals surface area contributed by atoms with Crippen molar-refractivity contribution >= 4 is 0 Å². The first-order valence-corrected chi connectivity index (χ1v) is 6.11. The lowest BCUT2D eigenvalue weighted by atomic mass is 9.83.